The molecule has 3 heterocycles. The van der Waals surface area contributed by atoms with Gasteiger partial charge in [-0.15, -0.1) is 0 Å². The molecule has 0 spiro atoms. The molecule has 6 nitrogen and oxygen atoms in total. The van der Waals surface area contributed by atoms with Crippen LogP contribution >= 0.6 is 11.6 Å². The predicted molar refractivity (Wildman–Crippen MR) is 136 cm³/mol. The number of aryl methyl sites for hydroxylation is 1. The minimum Gasteiger partial charge on any atom is -0.325 e. The average molecular weight is 474 g/mol. The molecule has 0 unspecified atom stereocenters. The van der Waals surface area contributed by atoms with Gasteiger partial charge in [0.05, 0.1) is 22.6 Å². The molecule has 1 fully saturated rings. The molecule has 0 atom stereocenters. The van der Waals surface area contributed by atoms with E-state index in [0.29, 0.717) is 10.7 Å². The van der Waals surface area contributed by atoms with Crippen molar-refractivity contribution < 1.29 is 4.79 Å². The summed E-state index contributed by atoms with van der Waals surface area (Å²) in [4.78, 5) is 15.2. The third kappa shape index (κ3) is 4.79. The largest absolute Gasteiger partial charge is 0.325 e. The first-order chi connectivity index (χ1) is 16.6. The summed E-state index contributed by atoms with van der Waals surface area (Å²) >= 11 is 6.30. The molecule has 34 heavy (non-hydrogen) atoms. The summed E-state index contributed by atoms with van der Waals surface area (Å²) in [6.45, 7) is 4.50. The highest BCUT2D eigenvalue weighted by molar-refractivity contribution is 6.33. The molecule has 0 aliphatic carbocycles. The Morgan fingerprint density at radius 3 is 2.50 bits per heavy atom. The van der Waals surface area contributed by atoms with E-state index in [-0.39, 0.29) is 11.8 Å². The number of nitrogens with zero attached hydrogens (tertiary/aromatic N) is 4. The molecule has 1 aliphatic heterocycles. The van der Waals surface area contributed by atoms with Gasteiger partial charge in [-0.3, -0.25) is 9.69 Å². The molecular weight excluding hydrogens is 446 g/mol. The maximum atomic E-state index is 12.8. The summed E-state index contributed by atoms with van der Waals surface area (Å²) in [5, 5.41) is 8.30. The van der Waals surface area contributed by atoms with Gasteiger partial charge >= 0.3 is 0 Å². The lowest BCUT2D eigenvalue weighted by Crippen LogP contribution is -2.37. The minimum atomic E-state index is -0.00965. The molecule has 1 aliphatic rings. The highest BCUT2D eigenvalue weighted by Gasteiger charge is 2.26. The molecule has 2 aromatic carbocycles. The van der Waals surface area contributed by atoms with Crippen molar-refractivity contribution >= 4 is 23.2 Å². The van der Waals surface area contributed by atoms with E-state index in [0.717, 1.165) is 55.1 Å². The van der Waals surface area contributed by atoms with Crippen molar-refractivity contribution in [2.24, 2.45) is 5.92 Å². The predicted octanol–water partition coefficient (Wildman–Crippen LogP) is 5.48. The first-order valence-electron chi connectivity index (χ1n) is 11.6. The van der Waals surface area contributed by atoms with Crippen molar-refractivity contribution in [3.8, 4) is 11.5 Å². The lowest BCUT2D eigenvalue weighted by molar-refractivity contribution is -0.121. The standard InChI is InChI=1S/C27H28ClN5O/c1-20-9-10-25(24(28)17-20)30-26(34)21-11-15-31(16-12-21)19-22-18-29-33(23-7-3-2-4-8-23)27(22)32-13-5-6-14-32/h2-10,13-14,17-18,21H,11-12,15-16,19H2,1H3,(H,30,34). The number of rotatable bonds is 6. The quantitative estimate of drug-likeness (QED) is 0.403. The SMILES string of the molecule is Cc1ccc(NC(=O)C2CCN(Cc3cnn(-c4ccccc4)c3-n3cccc3)CC2)c(Cl)c1. The molecule has 5 rings (SSSR count). The second kappa shape index (κ2) is 9.87. The number of likely N-dealkylation sites (tertiary alicyclic amines) is 1. The average Bonchev–Trinajstić information content (AvgIpc) is 3.52. The van der Waals surface area contributed by atoms with Gasteiger partial charge in [0.1, 0.15) is 5.82 Å². The molecule has 174 valence electrons. The summed E-state index contributed by atoms with van der Waals surface area (Å²) < 4.78 is 4.10. The number of benzene rings is 2. The van der Waals surface area contributed by atoms with Gasteiger partial charge in [0.2, 0.25) is 5.91 Å². The molecule has 2 aromatic heterocycles. The number of piperidine rings is 1. The van der Waals surface area contributed by atoms with Gasteiger partial charge in [-0.2, -0.15) is 5.10 Å². The molecule has 4 aromatic rings. The van der Waals surface area contributed by atoms with E-state index in [2.05, 4.69) is 26.9 Å². The first kappa shape index (κ1) is 22.4. The normalized spacial score (nSPS) is 14.9. The lowest BCUT2D eigenvalue weighted by Gasteiger charge is -2.31. The van der Waals surface area contributed by atoms with Crippen LogP contribution in [-0.4, -0.2) is 38.2 Å². The minimum absolute atomic E-state index is 0.00965. The number of halogens is 1. The van der Waals surface area contributed by atoms with E-state index in [4.69, 9.17) is 16.7 Å². The van der Waals surface area contributed by atoms with Crippen molar-refractivity contribution in [1.29, 1.82) is 0 Å². The summed E-state index contributed by atoms with van der Waals surface area (Å²) in [7, 11) is 0. The Morgan fingerprint density at radius 2 is 1.79 bits per heavy atom. The Balaban J connectivity index is 1.26. The number of hydrogen-bond acceptors (Lipinski definition) is 3. The first-order valence-corrected chi connectivity index (χ1v) is 12.0. The van der Waals surface area contributed by atoms with Crippen molar-refractivity contribution in [1.82, 2.24) is 19.2 Å². The van der Waals surface area contributed by atoms with Crippen molar-refractivity contribution in [3.05, 3.63) is 95.4 Å². The van der Waals surface area contributed by atoms with Crippen LogP contribution in [0.5, 0.6) is 0 Å². The fourth-order valence-electron chi connectivity index (χ4n) is 4.55. The second-order valence-corrected chi connectivity index (χ2v) is 9.26. The summed E-state index contributed by atoms with van der Waals surface area (Å²) in [5.41, 5.74) is 3.95. The maximum absolute atomic E-state index is 12.8. The number of nitrogens with one attached hydrogen (secondary N) is 1. The van der Waals surface area contributed by atoms with Crippen molar-refractivity contribution in [2.75, 3.05) is 18.4 Å². The van der Waals surface area contributed by atoms with Crippen LogP contribution in [0, 0.1) is 12.8 Å². The Hall–Kier alpha value is -3.35. The van der Waals surface area contributed by atoms with Crippen LogP contribution in [0.15, 0.2) is 79.3 Å². The molecule has 0 bridgehead atoms. The second-order valence-electron chi connectivity index (χ2n) is 8.85. The Kier molecular flexibility index (Phi) is 6.52. The highest BCUT2D eigenvalue weighted by Crippen LogP contribution is 2.27. The molecular formula is C27H28ClN5O. The van der Waals surface area contributed by atoms with Crippen molar-refractivity contribution in [2.45, 2.75) is 26.3 Å². The van der Waals surface area contributed by atoms with E-state index in [1.165, 1.54) is 0 Å². The van der Waals surface area contributed by atoms with Crippen LogP contribution in [0.2, 0.25) is 5.02 Å². The smallest absolute Gasteiger partial charge is 0.227 e. The van der Waals surface area contributed by atoms with E-state index < -0.39 is 0 Å². The van der Waals surface area contributed by atoms with Gasteiger partial charge in [0, 0.05) is 30.4 Å². The van der Waals surface area contributed by atoms with Gasteiger partial charge in [-0.25, -0.2) is 4.68 Å². The van der Waals surface area contributed by atoms with Gasteiger partial charge in [0.15, 0.2) is 0 Å². The van der Waals surface area contributed by atoms with E-state index >= 15 is 0 Å². The third-order valence-corrected chi connectivity index (χ3v) is 6.71. The number of anilines is 1. The van der Waals surface area contributed by atoms with Gasteiger partial charge in [-0.1, -0.05) is 35.9 Å². The number of hydrogen-bond donors (Lipinski definition) is 1. The van der Waals surface area contributed by atoms with Gasteiger partial charge < -0.3 is 9.88 Å². The number of carbonyl (C=O) groups excluding carboxylic acids is 1. The summed E-state index contributed by atoms with van der Waals surface area (Å²) in [5.74, 6) is 1.09. The Labute approximate surface area is 204 Å². The van der Waals surface area contributed by atoms with E-state index in [1.807, 2.05) is 78.7 Å². The number of carbonyl (C=O) groups is 1. The monoisotopic (exact) mass is 473 g/mol. The van der Waals surface area contributed by atoms with Crippen LogP contribution in [0.1, 0.15) is 24.0 Å². The number of amides is 1. The van der Waals surface area contributed by atoms with E-state index in [1.54, 1.807) is 0 Å². The molecule has 1 N–H and O–H groups in total. The molecule has 1 saturated heterocycles. The molecule has 7 heteroatoms. The maximum Gasteiger partial charge on any atom is 0.227 e. The lowest BCUT2D eigenvalue weighted by atomic mass is 9.95. The van der Waals surface area contributed by atoms with Crippen LogP contribution < -0.4 is 5.32 Å². The molecule has 1 amide bonds. The number of para-hydroxylation sites is 1. The zero-order valence-electron chi connectivity index (χ0n) is 19.2. The fourth-order valence-corrected chi connectivity index (χ4v) is 4.83. The Bertz CT molecular complexity index is 1260. The zero-order valence-corrected chi connectivity index (χ0v) is 19.9. The highest BCUT2D eigenvalue weighted by atomic mass is 35.5. The Morgan fingerprint density at radius 1 is 1.06 bits per heavy atom. The van der Waals surface area contributed by atoms with Crippen molar-refractivity contribution in [3.63, 3.8) is 0 Å². The van der Waals surface area contributed by atoms with Crippen LogP contribution in [0.25, 0.3) is 11.5 Å². The topological polar surface area (TPSA) is 55.1 Å². The third-order valence-electron chi connectivity index (χ3n) is 6.40. The van der Waals surface area contributed by atoms with Gasteiger partial charge in [0.25, 0.3) is 0 Å². The van der Waals surface area contributed by atoms with Crippen LogP contribution in [0.4, 0.5) is 5.69 Å². The van der Waals surface area contributed by atoms with E-state index in [9.17, 15) is 4.79 Å². The summed E-state index contributed by atoms with van der Waals surface area (Å²) in [6.07, 6.45) is 7.70. The van der Waals surface area contributed by atoms with Crippen LogP contribution in [0.3, 0.4) is 0 Å². The molecule has 0 saturated carbocycles. The van der Waals surface area contributed by atoms with Gasteiger partial charge in [-0.05, 0) is 74.8 Å². The summed E-state index contributed by atoms with van der Waals surface area (Å²) in [6, 6.07) is 19.9. The van der Waals surface area contributed by atoms with Crippen LogP contribution in [-0.2, 0) is 11.3 Å². The molecule has 0 radical (unpaired) electrons. The number of aromatic nitrogens is 3. The fraction of sp³-hybridized carbons (Fsp3) is 0.259. The zero-order chi connectivity index (χ0) is 23.5.